The lowest BCUT2D eigenvalue weighted by molar-refractivity contribution is -0.140. The summed E-state index contributed by atoms with van der Waals surface area (Å²) in [4.78, 5) is 25.3. The number of amides is 2. The highest BCUT2D eigenvalue weighted by Gasteiger charge is 2.24. The predicted octanol–water partition coefficient (Wildman–Crippen LogP) is 1.57. The third kappa shape index (κ3) is 3.98. The number of ether oxygens (including phenoxy) is 1. The molecule has 2 amide bonds. The zero-order valence-electron chi connectivity index (χ0n) is 12.5. The van der Waals surface area contributed by atoms with Gasteiger partial charge in [-0.3, -0.25) is 9.59 Å². The molecule has 0 fully saturated rings. The summed E-state index contributed by atoms with van der Waals surface area (Å²) < 4.78 is 5.10. The number of nitrogens with zero attached hydrogens (tertiary/aromatic N) is 1. The molecule has 0 radical (unpaired) electrons. The quantitative estimate of drug-likeness (QED) is 0.859. The van der Waals surface area contributed by atoms with Crippen LogP contribution in [0.5, 0.6) is 5.75 Å². The Kier molecular flexibility index (Phi) is 6.03. The zero-order chi connectivity index (χ0) is 15.1. The van der Waals surface area contributed by atoms with Gasteiger partial charge in [-0.05, 0) is 24.6 Å². The normalized spacial score (nSPS) is 11.6. The molecule has 1 atom stereocenters. The van der Waals surface area contributed by atoms with Crippen molar-refractivity contribution in [2.45, 2.75) is 32.9 Å². The molecule has 20 heavy (non-hydrogen) atoms. The molecule has 5 nitrogen and oxygen atoms in total. The van der Waals surface area contributed by atoms with Crippen molar-refractivity contribution in [1.29, 1.82) is 0 Å². The van der Waals surface area contributed by atoms with Gasteiger partial charge in [0.05, 0.1) is 7.11 Å². The van der Waals surface area contributed by atoms with Gasteiger partial charge in [0.2, 0.25) is 11.8 Å². The van der Waals surface area contributed by atoms with Crippen LogP contribution in [0.2, 0.25) is 0 Å². The van der Waals surface area contributed by atoms with E-state index in [9.17, 15) is 9.59 Å². The largest absolute Gasteiger partial charge is 0.497 e. The van der Waals surface area contributed by atoms with Gasteiger partial charge in [-0.15, -0.1) is 0 Å². The van der Waals surface area contributed by atoms with Gasteiger partial charge in [0.15, 0.2) is 0 Å². The summed E-state index contributed by atoms with van der Waals surface area (Å²) in [5.41, 5.74) is 0.961. The van der Waals surface area contributed by atoms with Gasteiger partial charge in [0.1, 0.15) is 11.8 Å². The third-order valence-corrected chi connectivity index (χ3v) is 3.23. The van der Waals surface area contributed by atoms with E-state index in [1.807, 2.05) is 24.3 Å². The first kappa shape index (κ1) is 16.0. The second-order valence-corrected chi connectivity index (χ2v) is 4.51. The molecule has 110 valence electrons. The van der Waals surface area contributed by atoms with Crippen molar-refractivity contribution in [3.63, 3.8) is 0 Å². The van der Waals surface area contributed by atoms with Crippen molar-refractivity contribution in [1.82, 2.24) is 10.2 Å². The lowest BCUT2D eigenvalue weighted by Gasteiger charge is -2.28. The topological polar surface area (TPSA) is 58.6 Å². The molecule has 0 aliphatic heterocycles. The smallest absolute Gasteiger partial charge is 0.242 e. The molecule has 1 N–H and O–H groups in total. The highest BCUT2D eigenvalue weighted by molar-refractivity contribution is 5.87. The molecule has 5 heteroatoms. The first-order valence-corrected chi connectivity index (χ1v) is 6.67. The van der Waals surface area contributed by atoms with E-state index in [-0.39, 0.29) is 11.8 Å². The van der Waals surface area contributed by atoms with Crippen LogP contribution in [0.25, 0.3) is 0 Å². The minimum Gasteiger partial charge on any atom is -0.497 e. The molecular formula is C15H22N2O3. The number of methoxy groups -OCH3 is 1. The van der Waals surface area contributed by atoms with Crippen LogP contribution >= 0.6 is 0 Å². The maximum absolute atomic E-state index is 12.0. The fourth-order valence-corrected chi connectivity index (χ4v) is 1.92. The Bertz CT molecular complexity index is 457. The van der Waals surface area contributed by atoms with Crippen molar-refractivity contribution in [3.8, 4) is 5.75 Å². The fraction of sp³-hybridized carbons (Fsp3) is 0.467. The molecule has 1 rings (SSSR count). The van der Waals surface area contributed by atoms with E-state index in [2.05, 4.69) is 5.32 Å². The summed E-state index contributed by atoms with van der Waals surface area (Å²) in [6.45, 7) is 3.93. The van der Waals surface area contributed by atoms with Gasteiger partial charge in [-0.1, -0.05) is 19.1 Å². The summed E-state index contributed by atoms with van der Waals surface area (Å²) >= 11 is 0. The Balaban J connectivity index is 2.88. The Morgan fingerprint density at radius 3 is 2.35 bits per heavy atom. The molecule has 0 bridgehead atoms. The molecule has 0 aromatic heterocycles. The zero-order valence-corrected chi connectivity index (χ0v) is 12.5. The van der Waals surface area contributed by atoms with E-state index in [1.165, 1.54) is 0 Å². The van der Waals surface area contributed by atoms with E-state index in [0.29, 0.717) is 13.0 Å². The highest BCUT2D eigenvalue weighted by atomic mass is 16.5. The molecule has 0 aliphatic rings. The van der Waals surface area contributed by atoms with Crippen LogP contribution in [0, 0.1) is 0 Å². The van der Waals surface area contributed by atoms with Gasteiger partial charge in [0.25, 0.3) is 0 Å². The summed E-state index contributed by atoms with van der Waals surface area (Å²) in [5.74, 6) is 0.554. The molecule has 0 heterocycles. The first-order valence-electron chi connectivity index (χ1n) is 6.67. The Labute approximate surface area is 119 Å². The number of carbonyl (C=O) groups excluding carboxylic acids is 2. The summed E-state index contributed by atoms with van der Waals surface area (Å²) in [6.07, 6.45) is 0.373. The van der Waals surface area contributed by atoms with Gasteiger partial charge in [0, 0.05) is 20.0 Å². The lowest BCUT2D eigenvalue weighted by atomic mass is 10.1. The van der Waals surface area contributed by atoms with Crippen molar-refractivity contribution in [3.05, 3.63) is 29.8 Å². The Hall–Kier alpha value is -2.04. The average Bonchev–Trinajstić information content (AvgIpc) is 2.50. The SMILES string of the molecule is CCC(=O)N(Cc1ccc(OC)cc1)[C@@H](C)C(=O)NC. The molecule has 0 saturated heterocycles. The van der Waals surface area contributed by atoms with Crippen LogP contribution in [0.3, 0.4) is 0 Å². The van der Waals surface area contributed by atoms with E-state index in [0.717, 1.165) is 11.3 Å². The van der Waals surface area contributed by atoms with Gasteiger partial charge < -0.3 is 15.0 Å². The average molecular weight is 278 g/mol. The van der Waals surface area contributed by atoms with E-state index in [1.54, 1.807) is 32.9 Å². The molecule has 1 aromatic carbocycles. The highest BCUT2D eigenvalue weighted by Crippen LogP contribution is 2.15. The second kappa shape index (κ2) is 7.53. The van der Waals surface area contributed by atoms with Crippen LogP contribution in [0.15, 0.2) is 24.3 Å². The Morgan fingerprint density at radius 1 is 1.30 bits per heavy atom. The monoisotopic (exact) mass is 278 g/mol. The van der Waals surface area contributed by atoms with Gasteiger partial charge in [-0.2, -0.15) is 0 Å². The summed E-state index contributed by atoms with van der Waals surface area (Å²) in [7, 11) is 3.18. The summed E-state index contributed by atoms with van der Waals surface area (Å²) in [5, 5.41) is 2.58. The number of nitrogens with one attached hydrogen (secondary N) is 1. The maximum Gasteiger partial charge on any atom is 0.242 e. The summed E-state index contributed by atoms with van der Waals surface area (Å²) in [6, 6.07) is 6.98. The van der Waals surface area contributed by atoms with Crippen LogP contribution in [0.4, 0.5) is 0 Å². The van der Waals surface area contributed by atoms with Crippen LogP contribution in [-0.4, -0.2) is 36.9 Å². The van der Waals surface area contributed by atoms with Crippen LogP contribution < -0.4 is 10.1 Å². The Morgan fingerprint density at radius 2 is 1.90 bits per heavy atom. The number of benzene rings is 1. The molecule has 0 spiro atoms. The number of likely N-dealkylation sites (N-methyl/N-ethyl adjacent to an activating group) is 1. The predicted molar refractivity (Wildman–Crippen MR) is 77.4 cm³/mol. The van der Waals surface area contributed by atoms with Gasteiger partial charge >= 0.3 is 0 Å². The van der Waals surface area contributed by atoms with E-state index in [4.69, 9.17) is 4.74 Å². The minimum absolute atomic E-state index is 0.0445. The van der Waals surface area contributed by atoms with E-state index < -0.39 is 6.04 Å². The van der Waals surface area contributed by atoms with E-state index >= 15 is 0 Å². The van der Waals surface area contributed by atoms with Crippen LogP contribution in [-0.2, 0) is 16.1 Å². The number of hydrogen-bond acceptors (Lipinski definition) is 3. The second-order valence-electron chi connectivity index (χ2n) is 4.51. The third-order valence-electron chi connectivity index (χ3n) is 3.23. The fourth-order valence-electron chi connectivity index (χ4n) is 1.92. The number of hydrogen-bond donors (Lipinski definition) is 1. The maximum atomic E-state index is 12.0. The van der Waals surface area contributed by atoms with Crippen molar-refractivity contribution < 1.29 is 14.3 Å². The van der Waals surface area contributed by atoms with Gasteiger partial charge in [-0.25, -0.2) is 0 Å². The molecule has 1 aromatic rings. The molecule has 0 unspecified atom stereocenters. The number of rotatable bonds is 6. The minimum atomic E-state index is -0.491. The lowest BCUT2D eigenvalue weighted by Crippen LogP contribution is -2.46. The first-order chi connectivity index (χ1) is 9.53. The number of carbonyl (C=O) groups is 2. The van der Waals surface area contributed by atoms with Crippen molar-refractivity contribution >= 4 is 11.8 Å². The van der Waals surface area contributed by atoms with Crippen molar-refractivity contribution in [2.75, 3.05) is 14.2 Å². The molecule has 0 saturated carbocycles. The molecular weight excluding hydrogens is 256 g/mol. The van der Waals surface area contributed by atoms with Crippen molar-refractivity contribution in [2.24, 2.45) is 0 Å². The van der Waals surface area contributed by atoms with Crippen LogP contribution in [0.1, 0.15) is 25.8 Å². The molecule has 0 aliphatic carbocycles. The standard InChI is InChI=1S/C15H22N2O3/c1-5-14(18)17(11(2)15(19)16-3)10-12-6-8-13(20-4)9-7-12/h6-9,11H,5,10H2,1-4H3,(H,16,19)/t11-/m0/s1.